The van der Waals surface area contributed by atoms with E-state index in [-0.39, 0.29) is 6.04 Å². The first-order chi connectivity index (χ1) is 6.63. The summed E-state index contributed by atoms with van der Waals surface area (Å²) in [5.74, 6) is 2.12. The van der Waals surface area contributed by atoms with Crippen molar-refractivity contribution in [3.8, 4) is 12.3 Å². The van der Waals surface area contributed by atoms with Gasteiger partial charge < -0.3 is 11.1 Å². The van der Waals surface area contributed by atoms with Crippen LogP contribution in [-0.4, -0.2) is 11.9 Å². The fraction of sp³-hybridized carbons (Fsp3) is 0.182. The first-order valence-electron chi connectivity index (χ1n) is 4.26. The Balaban J connectivity index is 2.75. The standard InChI is InChI=1S/C11H12N2O/c1-3-8(2)13-10-6-4-9(5-7-10)11(12)14/h1,4-8,13H,2H3,(H2,12,14). The number of nitrogens with two attached hydrogens (primary N) is 1. The molecular weight excluding hydrogens is 176 g/mol. The Labute approximate surface area is 83.3 Å². The second-order valence-corrected chi connectivity index (χ2v) is 2.97. The van der Waals surface area contributed by atoms with E-state index in [4.69, 9.17) is 12.2 Å². The van der Waals surface area contributed by atoms with Crippen molar-refractivity contribution in [1.82, 2.24) is 0 Å². The van der Waals surface area contributed by atoms with Crippen LogP contribution in [0.15, 0.2) is 24.3 Å². The third kappa shape index (κ3) is 2.53. The van der Waals surface area contributed by atoms with Gasteiger partial charge in [-0.3, -0.25) is 4.79 Å². The Bertz CT molecular complexity index is 362. The summed E-state index contributed by atoms with van der Waals surface area (Å²) in [6.45, 7) is 1.88. The number of nitrogens with one attached hydrogen (secondary N) is 1. The maximum absolute atomic E-state index is 10.8. The molecule has 1 rings (SSSR count). The monoisotopic (exact) mass is 188 g/mol. The molecule has 3 heteroatoms. The van der Waals surface area contributed by atoms with E-state index in [0.29, 0.717) is 5.56 Å². The summed E-state index contributed by atoms with van der Waals surface area (Å²) in [7, 11) is 0. The zero-order valence-electron chi connectivity index (χ0n) is 7.95. The molecule has 1 atom stereocenters. The van der Waals surface area contributed by atoms with E-state index in [1.807, 2.05) is 6.92 Å². The molecule has 0 heterocycles. The minimum Gasteiger partial charge on any atom is -0.372 e. The van der Waals surface area contributed by atoms with Crippen LogP contribution in [0.5, 0.6) is 0 Å². The molecule has 1 aromatic rings. The molecule has 0 aliphatic heterocycles. The van der Waals surface area contributed by atoms with Gasteiger partial charge in [0.15, 0.2) is 0 Å². The van der Waals surface area contributed by atoms with Crippen molar-refractivity contribution < 1.29 is 4.79 Å². The van der Waals surface area contributed by atoms with Crippen molar-refractivity contribution in [1.29, 1.82) is 0 Å². The summed E-state index contributed by atoms with van der Waals surface area (Å²) in [4.78, 5) is 10.8. The number of hydrogen-bond acceptors (Lipinski definition) is 2. The van der Waals surface area contributed by atoms with Crippen LogP contribution in [0.25, 0.3) is 0 Å². The first-order valence-corrected chi connectivity index (χ1v) is 4.26. The van der Waals surface area contributed by atoms with Gasteiger partial charge in [-0.15, -0.1) is 6.42 Å². The summed E-state index contributed by atoms with van der Waals surface area (Å²) in [6.07, 6.45) is 5.21. The van der Waals surface area contributed by atoms with Crippen LogP contribution < -0.4 is 11.1 Å². The third-order valence-corrected chi connectivity index (χ3v) is 1.80. The highest BCUT2D eigenvalue weighted by atomic mass is 16.1. The van der Waals surface area contributed by atoms with Crippen molar-refractivity contribution in [2.45, 2.75) is 13.0 Å². The van der Waals surface area contributed by atoms with Gasteiger partial charge in [-0.05, 0) is 31.2 Å². The molecule has 0 saturated carbocycles. The van der Waals surface area contributed by atoms with Gasteiger partial charge in [-0.25, -0.2) is 0 Å². The number of carbonyl (C=O) groups excluding carboxylic acids is 1. The molecule has 1 unspecified atom stereocenters. The van der Waals surface area contributed by atoms with E-state index < -0.39 is 5.91 Å². The lowest BCUT2D eigenvalue weighted by Gasteiger charge is -2.08. The zero-order valence-corrected chi connectivity index (χ0v) is 7.95. The van der Waals surface area contributed by atoms with Crippen LogP contribution in [0.4, 0.5) is 5.69 Å². The van der Waals surface area contributed by atoms with E-state index in [2.05, 4.69) is 11.2 Å². The van der Waals surface area contributed by atoms with Crippen molar-refractivity contribution in [3.63, 3.8) is 0 Å². The van der Waals surface area contributed by atoms with Crippen molar-refractivity contribution in [3.05, 3.63) is 29.8 Å². The highest BCUT2D eigenvalue weighted by Gasteiger charge is 2.00. The predicted molar refractivity (Wildman–Crippen MR) is 56.9 cm³/mol. The number of rotatable bonds is 3. The quantitative estimate of drug-likeness (QED) is 0.701. The van der Waals surface area contributed by atoms with Gasteiger partial charge in [0.1, 0.15) is 0 Å². The molecule has 72 valence electrons. The predicted octanol–water partition coefficient (Wildman–Crippen LogP) is 1.22. The lowest BCUT2D eigenvalue weighted by molar-refractivity contribution is 0.100. The molecule has 0 bridgehead atoms. The van der Waals surface area contributed by atoms with Crippen molar-refractivity contribution in [2.75, 3.05) is 5.32 Å². The van der Waals surface area contributed by atoms with Gasteiger partial charge >= 0.3 is 0 Å². The summed E-state index contributed by atoms with van der Waals surface area (Å²) >= 11 is 0. The van der Waals surface area contributed by atoms with Crippen LogP contribution in [-0.2, 0) is 0 Å². The van der Waals surface area contributed by atoms with Gasteiger partial charge in [0, 0.05) is 11.3 Å². The number of primary amides is 1. The Kier molecular flexibility index (Phi) is 3.14. The zero-order chi connectivity index (χ0) is 10.6. The van der Waals surface area contributed by atoms with E-state index in [1.54, 1.807) is 24.3 Å². The van der Waals surface area contributed by atoms with Crippen LogP contribution >= 0.6 is 0 Å². The highest BCUT2D eigenvalue weighted by Crippen LogP contribution is 2.09. The average molecular weight is 188 g/mol. The minimum absolute atomic E-state index is 0.0329. The van der Waals surface area contributed by atoms with Crippen LogP contribution in [0.2, 0.25) is 0 Å². The Morgan fingerprint density at radius 1 is 1.50 bits per heavy atom. The molecule has 3 nitrogen and oxygen atoms in total. The second kappa shape index (κ2) is 4.33. The summed E-state index contributed by atoms with van der Waals surface area (Å²) in [5.41, 5.74) is 6.46. The highest BCUT2D eigenvalue weighted by molar-refractivity contribution is 5.93. The summed E-state index contributed by atoms with van der Waals surface area (Å²) in [6, 6.07) is 6.83. The number of amides is 1. The molecule has 3 N–H and O–H groups in total. The normalized spacial score (nSPS) is 11.4. The van der Waals surface area contributed by atoms with Gasteiger partial charge in [0.05, 0.1) is 6.04 Å². The number of terminal acetylenes is 1. The lowest BCUT2D eigenvalue weighted by Crippen LogP contribution is -2.13. The van der Waals surface area contributed by atoms with E-state index in [1.165, 1.54) is 0 Å². The Morgan fingerprint density at radius 3 is 2.50 bits per heavy atom. The number of hydrogen-bond donors (Lipinski definition) is 2. The largest absolute Gasteiger partial charge is 0.372 e. The molecule has 0 aliphatic carbocycles. The minimum atomic E-state index is -0.429. The van der Waals surface area contributed by atoms with Crippen LogP contribution in [0.1, 0.15) is 17.3 Å². The molecular formula is C11H12N2O. The summed E-state index contributed by atoms with van der Waals surface area (Å²) in [5, 5.41) is 3.07. The molecule has 1 amide bonds. The number of anilines is 1. The van der Waals surface area contributed by atoms with Gasteiger partial charge in [0.25, 0.3) is 0 Å². The topological polar surface area (TPSA) is 55.1 Å². The lowest BCUT2D eigenvalue weighted by atomic mass is 10.2. The van der Waals surface area contributed by atoms with Gasteiger partial charge in [-0.2, -0.15) is 0 Å². The van der Waals surface area contributed by atoms with Crippen LogP contribution in [0, 0.1) is 12.3 Å². The molecule has 1 aromatic carbocycles. The van der Waals surface area contributed by atoms with Crippen molar-refractivity contribution >= 4 is 11.6 Å². The molecule has 14 heavy (non-hydrogen) atoms. The van der Waals surface area contributed by atoms with E-state index in [0.717, 1.165) is 5.69 Å². The summed E-state index contributed by atoms with van der Waals surface area (Å²) < 4.78 is 0. The molecule has 0 fully saturated rings. The molecule has 0 saturated heterocycles. The van der Waals surface area contributed by atoms with Crippen molar-refractivity contribution in [2.24, 2.45) is 5.73 Å². The number of carbonyl (C=O) groups is 1. The molecule has 0 radical (unpaired) electrons. The van der Waals surface area contributed by atoms with E-state index >= 15 is 0 Å². The molecule has 0 aromatic heterocycles. The SMILES string of the molecule is C#CC(C)Nc1ccc(C(N)=O)cc1. The Morgan fingerprint density at radius 2 is 2.07 bits per heavy atom. The Hall–Kier alpha value is -1.95. The second-order valence-electron chi connectivity index (χ2n) is 2.97. The van der Waals surface area contributed by atoms with Gasteiger partial charge in [0.2, 0.25) is 5.91 Å². The fourth-order valence-electron chi connectivity index (χ4n) is 1.02. The molecule has 0 aliphatic rings. The maximum atomic E-state index is 10.8. The fourth-order valence-corrected chi connectivity index (χ4v) is 1.02. The third-order valence-electron chi connectivity index (χ3n) is 1.80. The average Bonchev–Trinajstić information content (AvgIpc) is 2.18. The smallest absolute Gasteiger partial charge is 0.248 e. The number of benzene rings is 1. The first kappa shape index (κ1) is 10.1. The molecule has 0 spiro atoms. The maximum Gasteiger partial charge on any atom is 0.248 e. The van der Waals surface area contributed by atoms with Gasteiger partial charge in [-0.1, -0.05) is 5.92 Å². The van der Waals surface area contributed by atoms with E-state index in [9.17, 15) is 4.79 Å². The van der Waals surface area contributed by atoms with Crippen LogP contribution in [0.3, 0.4) is 0 Å².